The van der Waals surface area contributed by atoms with E-state index in [0.29, 0.717) is 30.6 Å². The van der Waals surface area contributed by atoms with Crippen LogP contribution in [0.5, 0.6) is 5.75 Å². The largest absolute Gasteiger partial charge is 0.496 e. The minimum absolute atomic E-state index is 0.127. The van der Waals surface area contributed by atoms with Gasteiger partial charge < -0.3 is 9.47 Å². The molecule has 0 bridgehead atoms. The van der Waals surface area contributed by atoms with Gasteiger partial charge in [0.2, 0.25) is 0 Å². The normalized spacial score (nSPS) is 10.8. The van der Waals surface area contributed by atoms with E-state index in [1.54, 1.807) is 24.3 Å². The number of azide groups is 2. The molecule has 1 rings (SSSR count). The van der Waals surface area contributed by atoms with E-state index in [-0.39, 0.29) is 19.2 Å². The molecule has 1 atom stereocenters. The number of rotatable bonds is 10. The molecule has 0 heterocycles. The summed E-state index contributed by atoms with van der Waals surface area (Å²) in [6, 6.07) is 6.46. The molecule has 1 unspecified atom stereocenters. The molecule has 9 heteroatoms. The van der Waals surface area contributed by atoms with Crippen molar-refractivity contribution < 1.29 is 14.3 Å². The van der Waals surface area contributed by atoms with E-state index in [1.165, 1.54) is 7.11 Å². The van der Waals surface area contributed by atoms with Crippen molar-refractivity contribution in [2.24, 2.45) is 10.2 Å². The molecule has 23 heavy (non-hydrogen) atoms. The highest BCUT2D eigenvalue weighted by atomic mass is 16.5. The van der Waals surface area contributed by atoms with E-state index in [1.807, 2.05) is 0 Å². The summed E-state index contributed by atoms with van der Waals surface area (Å²) < 4.78 is 10.3. The van der Waals surface area contributed by atoms with Crippen LogP contribution in [0.15, 0.2) is 34.5 Å². The van der Waals surface area contributed by atoms with Crippen molar-refractivity contribution in [3.63, 3.8) is 0 Å². The van der Waals surface area contributed by atoms with Gasteiger partial charge in [-0.25, -0.2) is 4.79 Å². The van der Waals surface area contributed by atoms with E-state index in [4.69, 9.17) is 20.5 Å². The maximum absolute atomic E-state index is 11.9. The number of carbonyl (C=O) groups is 1. The van der Waals surface area contributed by atoms with Gasteiger partial charge in [0, 0.05) is 22.4 Å². The number of carbonyl (C=O) groups excluding carboxylic acids is 1. The predicted octanol–water partition coefficient (Wildman–Crippen LogP) is 4.01. The number of ether oxygens (including phenoxy) is 2. The molecule has 0 fully saturated rings. The second kappa shape index (κ2) is 10.8. The van der Waals surface area contributed by atoms with Gasteiger partial charge in [0.05, 0.1) is 13.7 Å². The van der Waals surface area contributed by atoms with E-state index < -0.39 is 5.97 Å². The third kappa shape index (κ3) is 6.60. The maximum atomic E-state index is 11.9. The highest BCUT2D eigenvalue weighted by molar-refractivity contribution is 5.92. The smallest absolute Gasteiger partial charge is 0.341 e. The first-order valence-corrected chi connectivity index (χ1v) is 7.08. The summed E-state index contributed by atoms with van der Waals surface area (Å²) >= 11 is 0. The Kier molecular flexibility index (Phi) is 8.51. The first kappa shape index (κ1) is 18.2. The summed E-state index contributed by atoms with van der Waals surface area (Å²) in [6.45, 7) is 0.378. The average Bonchev–Trinajstić information content (AvgIpc) is 2.58. The number of hydrogen-bond acceptors (Lipinski definition) is 5. The van der Waals surface area contributed by atoms with Crippen LogP contribution in [0.2, 0.25) is 0 Å². The van der Waals surface area contributed by atoms with Gasteiger partial charge in [-0.3, -0.25) is 0 Å². The average molecular weight is 318 g/mol. The molecule has 0 spiro atoms. The topological polar surface area (TPSA) is 133 Å². The Bertz CT molecular complexity index is 608. The Morgan fingerprint density at radius 3 is 2.74 bits per heavy atom. The minimum Gasteiger partial charge on any atom is -0.496 e. The van der Waals surface area contributed by atoms with Gasteiger partial charge >= 0.3 is 5.97 Å². The van der Waals surface area contributed by atoms with Crippen molar-refractivity contribution >= 4 is 5.97 Å². The second-order valence-electron chi connectivity index (χ2n) is 4.60. The van der Waals surface area contributed by atoms with Crippen LogP contribution in [0, 0.1) is 0 Å². The van der Waals surface area contributed by atoms with E-state index in [9.17, 15) is 4.79 Å². The van der Waals surface area contributed by atoms with Crippen LogP contribution in [0.25, 0.3) is 20.9 Å². The highest BCUT2D eigenvalue weighted by Gasteiger charge is 2.12. The van der Waals surface area contributed by atoms with Gasteiger partial charge in [-0.2, -0.15) is 0 Å². The lowest BCUT2D eigenvalue weighted by Crippen LogP contribution is -2.10. The summed E-state index contributed by atoms with van der Waals surface area (Å²) in [5.74, 6) is 0.0263. The monoisotopic (exact) mass is 318 g/mol. The third-order valence-electron chi connectivity index (χ3n) is 3.06. The molecule has 0 aromatic heterocycles. The summed E-state index contributed by atoms with van der Waals surface area (Å²) in [5.41, 5.74) is 17.1. The molecule has 9 nitrogen and oxygen atoms in total. The highest BCUT2D eigenvalue weighted by Crippen LogP contribution is 2.18. The van der Waals surface area contributed by atoms with Gasteiger partial charge in [0.15, 0.2) is 0 Å². The molecular formula is C14H18N6O3. The number of nitrogens with zero attached hydrogens (tertiary/aromatic N) is 6. The molecule has 0 saturated carbocycles. The third-order valence-corrected chi connectivity index (χ3v) is 3.06. The minimum atomic E-state index is -0.442. The van der Waals surface area contributed by atoms with Crippen molar-refractivity contribution in [2.75, 3.05) is 20.3 Å². The molecular weight excluding hydrogens is 300 g/mol. The maximum Gasteiger partial charge on any atom is 0.341 e. The summed E-state index contributed by atoms with van der Waals surface area (Å²) in [5, 5.41) is 6.95. The van der Waals surface area contributed by atoms with Crippen LogP contribution >= 0.6 is 0 Å². The van der Waals surface area contributed by atoms with Crippen molar-refractivity contribution in [3.8, 4) is 5.75 Å². The predicted molar refractivity (Wildman–Crippen MR) is 84.1 cm³/mol. The molecule has 0 radical (unpaired) electrons. The summed E-state index contributed by atoms with van der Waals surface area (Å²) in [6.07, 6.45) is 1.87. The quantitative estimate of drug-likeness (QED) is 0.212. The van der Waals surface area contributed by atoms with Crippen LogP contribution in [0.4, 0.5) is 0 Å². The second-order valence-corrected chi connectivity index (χ2v) is 4.60. The Morgan fingerprint density at radius 2 is 2.04 bits per heavy atom. The Morgan fingerprint density at radius 1 is 1.26 bits per heavy atom. The first-order chi connectivity index (χ1) is 11.2. The van der Waals surface area contributed by atoms with E-state index >= 15 is 0 Å². The number of methoxy groups -OCH3 is 1. The number of para-hydroxylation sites is 1. The molecule has 0 amide bonds. The van der Waals surface area contributed by atoms with Crippen LogP contribution in [-0.4, -0.2) is 32.3 Å². The lowest BCUT2D eigenvalue weighted by molar-refractivity contribution is 0.0494. The Labute approximate surface area is 133 Å². The zero-order valence-electron chi connectivity index (χ0n) is 12.8. The number of esters is 1. The molecule has 0 saturated heterocycles. The summed E-state index contributed by atoms with van der Waals surface area (Å²) in [4.78, 5) is 17.3. The van der Waals surface area contributed by atoms with Crippen LogP contribution in [0.3, 0.4) is 0 Å². The molecule has 0 aliphatic heterocycles. The number of unbranched alkanes of at least 4 members (excludes halogenated alkanes) is 1. The van der Waals surface area contributed by atoms with Crippen LogP contribution in [-0.2, 0) is 4.74 Å². The van der Waals surface area contributed by atoms with Crippen molar-refractivity contribution in [1.29, 1.82) is 0 Å². The zero-order chi connectivity index (χ0) is 16.9. The van der Waals surface area contributed by atoms with Gasteiger partial charge in [-0.1, -0.05) is 22.4 Å². The van der Waals surface area contributed by atoms with Crippen LogP contribution in [0.1, 0.15) is 29.6 Å². The van der Waals surface area contributed by atoms with Crippen LogP contribution < -0.4 is 4.74 Å². The zero-order valence-corrected chi connectivity index (χ0v) is 12.8. The molecule has 0 aliphatic rings. The van der Waals surface area contributed by atoms with Crippen molar-refractivity contribution in [3.05, 3.63) is 50.7 Å². The molecule has 1 aromatic rings. The standard InChI is InChI=1S/C14H18N6O3/c1-22-13-8-3-2-7-12(13)14(21)23-9-5-4-6-11(18-20-16)10-17-19-15/h2-3,7-8,11H,4-6,9-10H2,1H3. The number of hydrogen-bond donors (Lipinski definition) is 0. The Hall–Kier alpha value is -2.89. The molecule has 122 valence electrons. The fourth-order valence-electron chi connectivity index (χ4n) is 1.93. The van der Waals surface area contributed by atoms with E-state index in [2.05, 4.69) is 20.1 Å². The lowest BCUT2D eigenvalue weighted by Gasteiger charge is -2.09. The fourth-order valence-corrected chi connectivity index (χ4v) is 1.93. The summed E-state index contributed by atoms with van der Waals surface area (Å²) in [7, 11) is 1.49. The first-order valence-electron chi connectivity index (χ1n) is 7.08. The molecule has 0 N–H and O–H groups in total. The lowest BCUT2D eigenvalue weighted by atomic mass is 10.1. The van der Waals surface area contributed by atoms with Crippen molar-refractivity contribution in [1.82, 2.24) is 0 Å². The van der Waals surface area contributed by atoms with Gasteiger partial charge in [-0.15, -0.1) is 0 Å². The van der Waals surface area contributed by atoms with Crippen molar-refractivity contribution in [2.45, 2.75) is 25.3 Å². The van der Waals surface area contributed by atoms with E-state index in [0.717, 1.165) is 0 Å². The molecule has 0 aliphatic carbocycles. The SMILES string of the molecule is COc1ccccc1C(=O)OCCCCC(CN=[N+]=[N-])N=[N+]=[N-]. The van der Waals surface area contributed by atoms with Gasteiger partial charge in [0.25, 0.3) is 0 Å². The van der Waals surface area contributed by atoms with Gasteiger partial charge in [-0.05, 0) is 42.5 Å². The van der Waals surface area contributed by atoms with Gasteiger partial charge in [0.1, 0.15) is 11.3 Å². The molecule has 1 aromatic carbocycles. The Balaban J connectivity index is 2.35. The number of benzene rings is 1. The fraction of sp³-hybridized carbons (Fsp3) is 0.500.